The molecule has 2 aliphatic rings. The normalized spacial score (nSPS) is 34.3. The molecule has 0 aliphatic carbocycles. The summed E-state index contributed by atoms with van der Waals surface area (Å²) in [7, 11) is 0. The van der Waals surface area contributed by atoms with Crippen molar-refractivity contribution >= 4 is 23.3 Å². The number of nitrogens with zero attached hydrogens (tertiary/aromatic N) is 3. The molecule has 1 saturated heterocycles. The second-order valence-corrected chi connectivity index (χ2v) is 6.26. The molecule has 2 aromatic carbocycles. The number of hydrogen-bond donors (Lipinski definition) is 1. The van der Waals surface area contributed by atoms with Crippen LogP contribution in [0.1, 0.15) is 27.5 Å². The van der Waals surface area contributed by atoms with Crippen molar-refractivity contribution in [3.8, 4) is 0 Å². The topological polar surface area (TPSA) is 48.3 Å². The van der Waals surface area contributed by atoms with E-state index in [1.165, 1.54) is 18.2 Å². The van der Waals surface area contributed by atoms with E-state index in [1.807, 2.05) is 0 Å². The van der Waals surface area contributed by atoms with Crippen LogP contribution in [0.3, 0.4) is 0 Å². The molecule has 142 valence electrons. The first-order chi connectivity index (χ1) is 19.4. The van der Waals surface area contributed by atoms with E-state index in [1.54, 1.807) is 6.07 Å². The molecule has 1 N–H and O–H groups in total. The smallest absolute Gasteiger partial charge is 0.137 e. The zero-order chi connectivity index (χ0) is 32.7. The molecule has 0 saturated carbocycles. The third-order valence-corrected chi connectivity index (χ3v) is 4.61. The summed E-state index contributed by atoms with van der Waals surface area (Å²) in [6.07, 6.45) is 0. The van der Waals surface area contributed by atoms with E-state index in [0.717, 1.165) is 11.8 Å². The Kier molecular flexibility index (Phi) is 2.47. The van der Waals surface area contributed by atoms with Crippen LogP contribution in [0.2, 0.25) is 0 Å². The molecule has 6 heteroatoms. The van der Waals surface area contributed by atoms with Crippen LogP contribution in [0.5, 0.6) is 0 Å². The lowest BCUT2D eigenvalue weighted by Crippen LogP contribution is -2.49. The minimum absolute atomic E-state index is 0.00457. The first kappa shape index (κ1) is 7.52. The van der Waals surface area contributed by atoms with Crippen LogP contribution >= 0.6 is 11.8 Å². The van der Waals surface area contributed by atoms with Crippen LogP contribution in [0, 0.1) is 0 Å². The van der Waals surface area contributed by atoms with Crippen molar-refractivity contribution in [2.45, 2.75) is 9.79 Å². The quantitative estimate of drug-likeness (QED) is 0.838. The summed E-state index contributed by atoms with van der Waals surface area (Å²) in [5.74, 6) is -0.643. The molecular formula is C21H25N3O2S. The Morgan fingerprint density at radius 3 is 2.85 bits per heavy atom. The van der Waals surface area contributed by atoms with Gasteiger partial charge < -0.3 is 14.7 Å². The summed E-state index contributed by atoms with van der Waals surface area (Å²) in [4.78, 5) is 4.76. The van der Waals surface area contributed by atoms with E-state index < -0.39 is 82.3 Å². The van der Waals surface area contributed by atoms with E-state index in [-0.39, 0.29) is 30.8 Å². The Balaban J connectivity index is 1.91. The first-order valence-corrected chi connectivity index (χ1v) is 8.65. The van der Waals surface area contributed by atoms with Crippen molar-refractivity contribution < 1.29 is 31.8 Å². The predicted octanol–water partition coefficient (Wildman–Crippen LogP) is 2.86. The highest BCUT2D eigenvalue weighted by Crippen LogP contribution is 2.40. The van der Waals surface area contributed by atoms with Gasteiger partial charge in [-0.2, -0.15) is 0 Å². The Morgan fingerprint density at radius 1 is 1.19 bits per heavy atom. The first-order valence-electron chi connectivity index (χ1n) is 15.8. The monoisotopic (exact) mass is 399 g/mol. The number of hydrogen-bond acceptors (Lipinski definition) is 6. The molecule has 27 heavy (non-hydrogen) atoms. The maximum atomic E-state index is 9.36. The van der Waals surface area contributed by atoms with Gasteiger partial charge in [-0.25, -0.2) is 4.99 Å². The highest BCUT2D eigenvalue weighted by molar-refractivity contribution is 7.99. The molecule has 2 aromatic rings. The van der Waals surface area contributed by atoms with E-state index >= 15 is 0 Å². The van der Waals surface area contributed by atoms with Gasteiger partial charge in [0.25, 0.3) is 0 Å². The third-order valence-electron chi connectivity index (χ3n) is 3.53. The van der Waals surface area contributed by atoms with Crippen molar-refractivity contribution in [3.63, 3.8) is 0 Å². The molecule has 5 nitrogen and oxygen atoms in total. The Morgan fingerprint density at radius 2 is 2.00 bits per heavy atom. The number of rotatable bonds is 5. The summed E-state index contributed by atoms with van der Waals surface area (Å²) in [5.41, 5.74) is -0.388. The number of ether oxygens (including phenoxy) is 1. The minimum Gasteiger partial charge on any atom is -0.394 e. The van der Waals surface area contributed by atoms with Crippen molar-refractivity contribution in [1.29, 1.82) is 0 Å². The van der Waals surface area contributed by atoms with Crippen LogP contribution in [0.25, 0.3) is 0 Å². The summed E-state index contributed by atoms with van der Waals surface area (Å²) in [5, 5.41) is 9.36. The van der Waals surface area contributed by atoms with Crippen LogP contribution in [-0.2, 0) is 4.74 Å². The molecule has 4 rings (SSSR count). The van der Waals surface area contributed by atoms with Crippen LogP contribution in [0.4, 0.5) is 5.69 Å². The molecule has 1 fully saturated rings. The van der Waals surface area contributed by atoms with Gasteiger partial charge in [0.05, 0.1) is 41.9 Å². The van der Waals surface area contributed by atoms with Crippen molar-refractivity contribution in [3.05, 3.63) is 54.0 Å². The number of para-hydroxylation sites is 1. The van der Waals surface area contributed by atoms with Gasteiger partial charge in [0.2, 0.25) is 0 Å². The standard InChI is InChI=1S/C21H25N3O2S/c25-14-16-26-15-13-23-9-11-24(12-10-23)21-17-5-1-3-7-19(17)27-20-8-4-2-6-18(20)22-21/h1-8,25H,9-16H2/i2D,4D,6D,8D,9D2,10D2,11D2,12D2,14D2,16D2. The Labute approximate surface area is 187 Å². The molecule has 0 unspecified atom stereocenters. The second kappa shape index (κ2) is 8.89. The van der Waals surface area contributed by atoms with E-state index in [0.29, 0.717) is 0 Å². The third kappa shape index (κ3) is 4.35. The van der Waals surface area contributed by atoms with Crippen molar-refractivity contribution in [2.75, 3.05) is 52.3 Å². The van der Waals surface area contributed by atoms with Gasteiger partial charge in [-0.05, 0) is 18.2 Å². The number of amidine groups is 1. The molecule has 2 aliphatic heterocycles. The summed E-state index contributed by atoms with van der Waals surface area (Å²) in [6.45, 7) is -22.5. The maximum Gasteiger partial charge on any atom is 0.137 e. The van der Waals surface area contributed by atoms with Gasteiger partial charge in [-0.15, -0.1) is 0 Å². The fraction of sp³-hybridized carbons (Fsp3) is 0.381. The lowest BCUT2D eigenvalue weighted by molar-refractivity contribution is 0.0652. The number of piperazine rings is 1. The largest absolute Gasteiger partial charge is 0.394 e. The average Bonchev–Trinajstić information content (AvgIpc) is 3.04. The molecule has 0 atom stereocenters. The lowest BCUT2D eigenvalue weighted by atomic mass is 10.1. The number of fused-ring (bicyclic) bond motifs is 2. The fourth-order valence-corrected chi connectivity index (χ4v) is 3.28. The summed E-state index contributed by atoms with van der Waals surface area (Å²) >= 11 is 0.853. The Bertz CT molecular complexity index is 1450. The van der Waals surface area contributed by atoms with Crippen molar-refractivity contribution in [2.24, 2.45) is 4.99 Å². The highest BCUT2D eigenvalue weighted by Gasteiger charge is 2.24. The lowest BCUT2D eigenvalue weighted by Gasteiger charge is -2.36. The van der Waals surface area contributed by atoms with Gasteiger partial charge in [0, 0.05) is 53.4 Å². The molecule has 0 radical (unpaired) electrons. The average molecular weight is 400 g/mol. The molecule has 0 aromatic heterocycles. The van der Waals surface area contributed by atoms with Crippen LogP contribution in [0.15, 0.2) is 63.2 Å². The molecule has 0 amide bonds. The van der Waals surface area contributed by atoms with E-state index in [9.17, 15) is 5.11 Å². The minimum atomic E-state index is -3.50. The summed E-state index contributed by atoms with van der Waals surface area (Å²) < 4.78 is 137. The SMILES string of the molecule is [2H]c1c([2H])c([2H])c2c(c1[2H])N=C(N1C([2H])([2H])C([2H])([2H])N(CCOC([2H])([2H])C([2H])([2H])O)C([2H])([2H])C1([2H])[2H])c1ccccc1S2. The zero-order valence-corrected chi connectivity index (χ0v) is 14.6. The summed E-state index contributed by atoms with van der Waals surface area (Å²) in [6, 6.07) is 3.59. The number of aliphatic hydroxyl groups is 1. The Hall–Kier alpha value is -1.86. The fourth-order valence-electron chi connectivity index (χ4n) is 2.35. The van der Waals surface area contributed by atoms with E-state index in [2.05, 4.69) is 9.73 Å². The highest BCUT2D eigenvalue weighted by atomic mass is 32.2. The predicted molar refractivity (Wildman–Crippen MR) is 109 cm³/mol. The molecular weight excluding hydrogens is 358 g/mol. The zero-order valence-electron chi connectivity index (χ0n) is 29.8. The maximum absolute atomic E-state index is 9.36. The molecule has 0 spiro atoms. The van der Waals surface area contributed by atoms with Gasteiger partial charge in [-0.1, -0.05) is 42.0 Å². The van der Waals surface area contributed by atoms with Gasteiger partial charge in [-0.3, -0.25) is 4.90 Å². The van der Waals surface area contributed by atoms with Crippen molar-refractivity contribution in [1.82, 2.24) is 9.80 Å². The van der Waals surface area contributed by atoms with Gasteiger partial charge >= 0.3 is 0 Å². The van der Waals surface area contributed by atoms with Crippen LogP contribution < -0.4 is 0 Å². The molecule has 2 heterocycles. The molecule has 0 bridgehead atoms. The van der Waals surface area contributed by atoms with Gasteiger partial charge in [0.15, 0.2) is 0 Å². The van der Waals surface area contributed by atoms with Crippen LogP contribution in [-0.4, -0.2) is 73.0 Å². The second-order valence-electron chi connectivity index (χ2n) is 5.21. The van der Waals surface area contributed by atoms with E-state index in [4.69, 9.17) is 21.9 Å². The van der Waals surface area contributed by atoms with Gasteiger partial charge in [0.1, 0.15) is 5.84 Å². The number of aliphatic imine (C=N–C) groups is 1. The number of benzene rings is 2.